The van der Waals surface area contributed by atoms with Crippen LogP contribution in [0.2, 0.25) is 0 Å². The van der Waals surface area contributed by atoms with E-state index in [1.165, 1.54) is 10.9 Å². The third kappa shape index (κ3) is 3.47. The van der Waals surface area contributed by atoms with Gasteiger partial charge in [0.15, 0.2) is 3.78 Å². The van der Waals surface area contributed by atoms with Crippen molar-refractivity contribution >= 4 is 42.8 Å². The van der Waals surface area contributed by atoms with Crippen LogP contribution in [0.25, 0.3) is 0 Å². The number of benzene rings is 2. The van der Waals surface area contributed by atoms with Crippen molar-refractivity contribution in [3.63, 3.8) is 0 Å². The molecule has 0 saturated carbocycles. The SMILES string of the molecule is ClC(Cl)=S=C(c1ccccc1)c1ccccc1. The second-order valence-corrected chi connectivity index (χ2v) is 5.81. The summed E-state index contributed by atoms with van der Waals surface area (Å²) in [6.45, 7) is 0. The molecule has 0 nitrogen and oxygen atoms in total. The highest BCUT2D eigenvalue weighted by atomic mass is 35.5. The van der Waals surface area contributed by atoms with Gasteiger partial charge in [-0.05, 0) is 11.1 Å². The summed E-state index contributed by atoms with van der Waals surface area (Å²) < 4.78 is 0.299. The number of halogens is 2. The molecule has 2 aromatic rings. The van der Waals surface area contributed by atoms with Crippen molar-refractivity contribution in [2.75, 3.05) is 0 Å². The van der Waals surface area contributed by atoms with E-state index in [1.807, 2.05) is 60.7 Å². The van der Waals surface area contributed by atoms with E-state index in [9.17, 15) is 0 Å². The molecule has 17 heavy (non-hydrogen) atoms. The fourth-order valence-corrected chi connectivity index (χ4v) is 2.67. The summed E-state index contributed by atoms with van der Waals surface area (Å²) in [6.07, 6.45) is 0. The molecular weight excluding hydrogens is 271 g/mol. The summed E-state index contributed by atoms with van der Waals surface area (Å²) in [5, 5.41) is 0. The first-order valence-corrected chi connectivity index (χ1v) is 6.68. The summed E-state index contributed by atoms with van der Waals surface area (Å²) in [5.41, 5.74) is 2.23. The lowest BCUT2D eigenvalue weighted by molar-refractivity contribution is 1.62. The van der Waals surface area contributed by atoms with Gasteiger partial charge in [0.2, 0.25) is 0 Å². The minimum atomic E-state index is 0.299. The van der Waals surface area contributed by atoms with Crippen molar-refractivity contribution in [2.45, 2.75) is 0 Å². The number of rotatable bonds is 2. The van der Waals surface area contributed by atoms with Crippen molar-refractivity contribution in [2.24, 2.45) is 0 Å². The van der Waals surface area contributed by atoms with Crippen LogP contribution >= 0.6 is 34.1 Å². The molecular formula is C14H10Cl2S. The quantitative estimate of drug-likeness (QED) is 0.430. The van der Waals surface area contributed by atoms with Crippen molar-refractivity contribution in [1.82, 2.24) is 0 Å². The van der Waals surface area contributed by atoms with Gasteiger partial charge in [0.05, 0.1) is 0 Å². The predicted octanol–water partition coefficient (Wildman–Crippen LogP) is 4.55. The second kappa shape index (κ2) is 6.06. The van der Waals surface area contributed by atoms with Crippen LogP contribution in [-0.2, 0) is 0 Å². The van der Waals surface area contributed by atoms with Crippen LogP contribution in [0.1, 0.15) is 11.1 Å². The standard InChI is InChI=1S/C14H10Cl2S/c15-14(16)17-13(11-7-3-1-4-8-11)12-9-5-2-6-10-12/h1-10H. The lowest BCUT2D eigenvalue weighted by Gasteiger charge is -2.04. The molecule has 0 radical (unpaired) electrons. The van der Waals surface area contributed by atoms with E-state index in [0.29, 0.717) is 3.78 Å². The van der Waals surface area contributed by atoms with E-state index >= 15 is 0 Å². The first kappa shape index (κ1) is 12.4. The Kier molecular flexibility index (Phi) is 4.43. The average Bonchev–Trinajstić information content (AvgIpc) is 2.38. The van der Waals surface area contributed by atoms with Crippen LogP contribution < -0.4 is 0 Å². The van der Waals surface area contributed by atoms with Crippen molar-refractivity contribution in [3.8, 4) is 0 Å². The van der Waals surface area contributed by atoms with Gasteiger partial charge in [0.25, 0.3) is 0 Å². The molecule has 86 valence electrons. The zero-order valence-corrected chi connectivity index (χ0v) is 11.3. The first-order chi connectivity index (χ1) is 8.27. The molecule has 2 aromatic carbocycles. The Labute approximate surface area is 114 Å². The van der Waals surface area contributed by atoms with E-state index in [-0.39, 0.29) is 0 Å². The second-order valence-electron chi connectivity index (χ2n) is 3.39. The molecule has 2 rings (SSSR count). The molecule has 0 atom stereocenters. The van der Waals surface area contributed by atoms with Gasteiger partial charge in [0.1, 0.15) is 0 Å². The maximum Gasteiger partial charge on any atom is 0.160 e. The van der Waals surface area contributed by atoms with Gasteiger partial charge in [-0.2, -0.15) is 0 Å². The third-order valence-corrected chi connectivity index (χ3v) is 3.54. The highest BCUT2D eigenvalue weighted by molar-refractivity contribution is 8.03. The van der Waals surface area contributed by atoms with E-state index in [4.69, 9.17) is 23.2 Å². The molecule has 0 amide bonds. The number of hydrogen-bond donors (Lipinski definition) is 0. The van der Waals surface area contributed by atoms with Crippen molar-refractivity contribution in [1.29, 1.82) is 0 Å². The summed E-state index contributed by atoms with van der Waals surface area (Å²) in [6, 6.07) is 20.2. The maximum absolute atomic E-state index is 5.80. The van der Waals surface area contributed by atoms with E-state index in [0.717, 1.165) is 16.0 Å². The molecule has 0 aromatic heterocycles. The third-order valence-electron chi connectivity index (χ3n) is 2.25. The highest BCUT2D eigenvalue weighted by Crippen LogP contribution is 2.13. The molecule has 0 fully saturated rings. The molecule has 0 unspecified atom stereocenters. The largest absolute Gasteiger partial charge is 0.160 e. The highest BCUT2D eigenvalue weighted by Gasteiger charge is 2.03. The summed E-state index contributed by atoms with van der Waals surface area (Å²) >= 11 is 11.6. The predicted molar refractivity (Wildman–Crippen MR) is 80.4 cm³/mol. The van der Waals surface area contributed by atoms with Gasteiger partial charge in [0, 0.05) is 4.86 Å². The minimum absolute atomic E-state index is 0.299. The van der Waals surface area contributed by atoms with Gasteiger partial charge in [-0.25, -0.2) is 0 Å². The van der Waals surface area contributed by atoms with Gasteiger partial charge in [-0.3, -0.25) is 0 Å². The fourth-order valence-electron chi connectivity index (χ4n) is 1.54. The maximum atomic E-state index is 5.80. The normalized spacial score (nSPS) is 9.76. The van der Waals surface area contributed by atoms with E-state index < -0.39 is 0 Å². The van der Waals surface area contributed by atoms with Gasteiger partial charge in [-0.15, -0.1) is 10.9 Å². The monoisotopic (exact) mass is 280 g/mol. The van der Waals surface area contributed by atoms with E-state index in [1.54, 1.807) is 0 Å². The molecule has 0 saturated heterocycles. The Morgan fingerprint density at radius 3 is 1.47 bits per heavy atom. The summed E-state index contributed by atoms with van der Waals surface area (Å²) in [5.74, 6) is 0. The Morgan fingerprint density at radius 2 is 1.12 bits per heavy atom. The molecule has 0 bridgehead atoms. The topological polar surface area (TPSA) is 0 Å². The van der Waals surface area contributed by atoms with Crippen LogP contribution in [0.4, 0.5) is 0 Å². The molecule has 3 heteroatoms. The average molecular weight is 281 g/mol. The number of hydrogen-bond acceptors (Lipinski definition) is 0. The molecule has 0 aliphatic rings. The molecule has 0 heterocycles. The van der Waals surface area contributed by atoms with Crippen LogP contribution in [-0.4, -0.2) is 8.65 Å². The molecule has 0 aliphatic carbocycles. The Balaban J connectivity index is 2.60. The minimum Gasteiger partial charge on any atom is -0.111 e. The van der Waals surface area contributed by atoms with Crippen LogP contribution in [0.3, 0.4) is 0 Å². The van der Waals surface area contributed by atoms with Crippen molar-refractivity contribution < 1.29 is 0 Å². The van der Waals surface area contributed by atoms with Gasteiger partial charge < -0.3 is 0 Å². The fraction of sp³-hybridized carbons (Fsp3) is 0. The summed E-state index contributed by atoms with van der Waals surface area (Å²) in [7, 11) is 1.37. The van der Waals surface area contributed by atoms with Gasteiger partial charge in [-0.1, -0.05) is 83.9 Å². The molecule has 0 N–H and O–H groups in total. The Bertz CT molecular complexity index is 510. The smallest absolute Gasteiger partial charge is 0.111 e. The zero-order chi connectivity index (χ0) is 12.1. The molecule has 0 aliphatic heterocycles. The lowest BCUT2D eigenvalue weighted by atomic mass is 10.1. The van der Waals surface area contributed by atoms with Crippen molar-refractivity contribution in [3.05, 3.63) is 71.8 Å². The zero-order valence-electron chi connectivity index (χ0n) is 8.94. The van der Waals surface area contributed by atoms with Crippen LogP contribution in [0, 0.1) is 0 Å². The molecule has 0 spiro atoms. The first-order valence-electron chi connectivity index (χ1n) is 5.11. The van der Waals surface area contributed by atoms with Gasteiger partial charge >= 0.3 is 0 Å². The van der Waals surface area contributed by atoms with Crippen LogP contribution in [0.15, 0.2) is 60.7 Å². The lowest BCUT2D eigenvalue weighted by Crippen LogP contribution is -1.99. The summed E-state index contributed by atoms with van der Waals surface area (Å²) in [4.78, 5) is 1.06. The van der Waals surface area contributed by atoms with Crippen LogP contribution in [0.5, 0.6) is 0 Å². The Hall–Kier alpha value is -1.02. The van der Waals surface area contributed by atoms with E-state index in [2.05, 4.69) is 0 Å². The Morgan fingerprint density at radius 1 is 0.706 bits per heavy atom.